The Kier molecular flexibility index (Phi) is 5.15. The van der Waals surface area contributed by atoms with Crippen molar-refractivity contribution in [3.63, 3.8) is 0 Å². The number of ether oxygens (including phenoxy) is 1. The fourth-order valence-corrected chi connectivity index (χ4v) is 2.63. The van der Waals surface area contributed by atoms with Gasteiger partial charge in [0.05, 0.1) is 7.11 Å². The van der Waals surface area contributed by atoms with E-state index in [0.29, 0.717) is 0 Å². The van der Waals surface area contributed by atoms with Crippen LogP contribution in [0.15, 0.2) is 41.0 Å². The van der Waals surface area contributed by atoms with Gasteiger partial charge in [0.25, 0.3) is 0 Å². The van der Waals surface area contributed by atoms with E-state index >= 15 is 0 Å². The summed E-state index contributed by atoms with van der Waals surface area (Å²) in [7, 11) is 3.67. The highest BCUT2D eigenvalue weighted by atomic mass is 79.9. The van der Waals surface area contributed by atoms with Crippen LogP contribution >= 0.6 is 15.9 Å². The summed E-state index contributed by atoms with van der Waals surface area (Å²) in [6.45, 7) is 2.01. The summed E-state index contributed by atoms with van der Waals surface area (Å²) in [6.07, 6.45) is 2.74. The largest absolute Gasteiger partial charge is 0.497 e. The second-order valence-corrected chi connectivity index (χ2v) is 5.59. The van der Waals surface area contributed by atoms with Gasteiger partial charge < -0.3 is 10.1 Å². The van der Waals surface area contributed by atoms with Crippen LogP contribution in [-0.2, 0) is 6.42 Å². The van der Waals surface area contributed by atoms with Crippen LogP contribution in [-0.4, -0.2) is 19.1 Å². The van der Waals surface area contributed by atoms with E-state index in [9.17, 15) is 0 Å². The lowest BCUT2D eigenvalue weighted by atomic mass is 9.99. The first-order valence-corrected chi connectivity index (χ1v) is 7.35. The highest BCUT2D eigenvalue weighted by Crippen LogP contribution is 2.27. The standard InChI is InChI=1S/C16H19BrN2O/c1-11-8-12(6-7-19-11)16(18-2)10-13-9-14(20-3)4-5-15(13)17/h4-9,16,18H,10H2,1-3H3. The van der Waals surface area contributed by atoms with E-state index in [1.165, 1.54) is 11.1 Å². The van der Waals surface area contributed by atoms with E-state index in [1.807, 2.05) is 32.3 Å². The van der Waals surface area contributed by atoms with Crippen molar-refractivity contribution >= 4 is 15.9 Å². The van der Waals surface area contributed by atoms with Crippen LogP contribution in [0, 0.1) is 6.92 Å². The molecule has 0 aliphatic rings. The molecule has 0 saturated heterocycles. The lowest BCUT2D eigenvalue weighted by molar-refractivity contribution is 0.414. The van der Waals surface area contributed by atoms with Crippen molar-refractivity contribution in [2.45, 2.75) is 19.4 Å². The Bertz CT molecular complexity index is 586. The monoisotopic (exact) mass is 334 g/mol. The van der Waals surface area contributed by atoms with Gasteiger partial charge in [0.2, 0.25) is 0 Å². The van der Waals surface area contributed by atoms with E-state index in [1.54, 1.807) is 7.11 Å². The quantitative estimate of drug-likeness (QED) is 0.905. The third kappa shape index (κ3) is 3.58. The molecule has 0 fully saturated rings. The van der Waals surface area contributed by atoms with E-state index in [2.05, 4.69) is 44.4 Å². The summed E-state index contributed by atoms with van der Waals surface area (Å²) < 4.78 is 6.40. The first-order chi connectivity index (χ1) is 9.63. The van der Waals surface area contributed by atoms with Gasteiger partial charge in [-0.25, -0.2) is 0 Å². The number of aromatic nitrogens is 1. The molecule has 0 amide bonds. The van der Waals surface area contributed by atoms with Crippen LogP contribution in [0.25, 0.3) is 0 Å². The molecule has 0 radical (unpaired) electrons. The molecule has 1 unspecified atom stereocenters. The summed E-state index contributed by atoms with van der Waals surface area (Å²) in [5.41, 5.74) is 3.50. The number of hydrogen-bond donors (Lipinski definition) is 1. The lowest BCUT2D eigenvalue weighted by Gasteiger charge is -2.18. The zero-order valence-corrected chi connectivity index (χ0v) is 13.6. The number of pyridine rings is 1. The fraction of sp³-hybridized carbons (Fsp3) is 0.312. The third-order valence-corrected chi connectivity index (χ3v) is 4.12. The van der Waals surface area contributed by atoms with Crippen LogP contribution in [0.4, 0.5) is 0 Å². The molecule has 1 aromatic heterocycles. The van der Waals surface area contributed by atoms with Crippen LogP contribution in [0.2, 0.25) is 0 Å². The lowest BCUT2D eigenvalue weighted by Crippen LogP contribution is -2.19. The van der Waals surface area contributed by atoms with Gasteiger partial charge in [-0.05, 0) is 61.9 Å². The van der Waals surface area contributed by atoms with E-state index in [-0.39, 0.29) is 6.04 Å². The van der Waals surface area contributed by atoms with Crippen molar-refractivity contribution in [1.29, 1.82) is 0 Å². The summed E-state index contributed by atoms with van der Waals surface area (Å²) in [5, 5.41) is 3.37. The van der Waals surface area contributed by atoms with Crippen molar-refractivity contribution in [2.75, 3.05) is 14.2 Å². The number of nitrogens with one attached hydrogen (secondary N) is 1. The second kappa shape index (κ2) is 6.86. The average Bonchev–Trinajstić information content (AvgIpc) is 2.46. The Balaban J connectivity index is 2.26. The predicted octanol–water partition coefficient (Wildman–Crippen LogP) is 3.66. The van der Waals surface area contributed by atoms with Gasteiger partial charge in [-0.2, -0.15) is 0 Å². The Hall–Kier alpha value is -1.39. The van der Waals surface area contributed by atoms with Crippen molar-refractivity contribution in [1.82, 2.24) is 10.3 Å². The number of nitrogens with zero attached hydrogens (tertiary/aromatic N) is 1. The van der Waals surface area contributed by atoms with E-state index in [0.717, 1.165) is 22.3 Å². The van der Waals surface area contributed by atoms with Crippen molar-refractivity contribution in [3.05, 3.63) is 57.8 Å². The summed E-state index contributed by atoms with van der Waals surface area (Å²) >= 11 is 3.61. The third-order valence-electron chi connectivity index (χ3n) is 3.35. The predicted molar refractivity (Wildman–Crippen MR) is 85.2 cm³/mol. The van der Waals surface area contributed by atoms with Gasteiger partial charge in [0.15, 0.2) is 0 Å². The van der Waals surface area contributed by atoms with Crippen molar-refractivity contribution < 1.29 is 4.74 Å². The minimum atomic E-state index is 0.250. The highest BCUT2D eigenvalue weighted by Gasteiger charge is 2.13. The molecule has 2 aromatic rings. The van der Waals surface area contributed by atoms with Crippen LogP contribution in [0.3, 0.4) is 0 Å². The van der Waals surface area contributed by atoms with Gasteiger partial charge in [0, 0.05) is 22.4 Å². The Morgan fingerprint density at radius 1 is 1.30 bits per heavy atom. The number of likely N-dealkylation sites (N-methyl/N-ethyl adjacent to an activating group) is 1. The molecule has 106 valence electrons. The number of methoxy groups -OCH3 is 1. The van der Waals surface area contributed by atoms with E-state index < -0.39 is 0 Å². The highest BCUT2D eigenvalue weighted by molar-refractivity contribution is 9.10. The molecule has 1 atom stereocenters. The molecule has 0 spiro atoms. The van der Waals surface area contributed by atoms with Gasteiger partial charge in [-0.3, -0.25) is 4.98 Å². The number of rotatable bonds is 5. The van der Waals surface area contributed by atoms with Gasteiger partial charge in [-0.15, -0.1) is 0 Å². The maximum Gasteiger partial charge on any atom is 0.119 e. The average molecular weight is 335 g/mol. The molecule has 1 N–H and O–H groups in total. The number of benzene rings is 1. The molecule has 4 heteroatoms. The molecule has 0 aliphatic heterocycles. The topological polar surface area (TPSA) is 34.1 Å². The minimum absolute atomic E-state index is 0.250. The SMILES string of the molecule is CNC(Cc1cc(OC)ccc1Br)c1ccnc(C)c1. The Morgan fingerprint density at radius 2 is 2.10 bits per heavy atom. The molecule has 1 heterocycles. The zero-order chi connectivity index (χ0) is 14.5. The molecular formula is C16H19BrN2O. The number of hydrogen-bond acceptors (Lipinski definition) is 3. The number of aryl methyl sites for hydroxylation is 1. The number of halogens is 1. The van der Waals surface area contributed by atoms with Crippen molar-refractivity contribution in [2.24, 2.45) is 0 Å². The normalized spacial score (nSPS) is 12.2. The molecule has 20 heavy (non-hydrogen) atoms. The van der Waals surface area contributed by atoms with Gasteiger partial charge >= 0.3 is 0 Å². The maximum atomic E-state index is 5.30. The maximum absolute atomic E-state index is 5.30. The van der Waals surface area contributed by atoms with Crippen molar-refractivity contribution in [3.8, 4) is 5.75 Å². The summed E-state index contributed by atoms with van der Waals surface area (Å²) in [4.78, 5) is 4.25. The summed E-state index contributed by atoms with van der Waals surface area (Å²) in [6, 6.07) is 10.5. The molecule has 0 saturated carbocycles. The first kappa shape index (κ1) is 15.0. The smallest absolute Gasteiger partial charge is 0.119 e. The fourth-order valence-electron chi connectivity index (χ4n) is 2.23. The Morgan fingerprint density at radius 3 is 2.75 bits per heavy atom. The van der Waals surface area contributed by atoms with Crippen LogP contribution in [0.1, 0.15) is 22.9 Å². The second-order valence-electron chi connectivity index (χ2n) is 4.73. The first-order valence-electron chi connectivity index (χ1n) is 6.56. The zero-order valence-electron chi connectivity index (χ0n) is 12.0. The molecule has 2 rings (SSSR count). The molecule has 3 nitrogen and oxygen atoms in total. The molecule has 1 aromatic carbocycles. The minimum Gasteiger partial charge on any atom is -0.497 e. The molecule has 0 aliphatic carbocycles. The Labute approximate surface area is 128 Å². The van der Waals surface area contributed by atoms with Crippen LogP contribution < -0.4 is 10.1 Å². The molecule has 0 bridgehead atoms. The van der Waals surface area contributed by atoms with E-state index in [4.69, 9.17) is 4.74 Å². The van der Waals surface area contributed by atoms with Crippen LogP contribution in [0.5, 0.6) is 5.75 Å². The summed E-state index contributed by atoms with van der Waals surface area (Å²) in [5.74, 6) is 0.879. The van der Waals surface area contributed by atoms with Gasteiger partial charge in [-0.1, -0.05) is 15.9 Å². The molecular weight excluding hydrogens is 316 g/mol. The van der Waals surface area contributed by atoms with Gasteiger partial charge in [0.1, 0.15) is 5.75 Å².